The van der Waals surface area contributed by atoms with Gasteiger partial charge in [-0.15, -0.1) is 0 Å². The summed E-state index contributed by atoms with van der Waals surface area (Å²) in [6.07, 6.45) is 0. The third-order valence-electron chi connectivity index (χ3n) is 2.49. The molecule has 4 nitrogen and oxygen atoms in total. The van der Waals surface area contributed by atoms with Gasteiger partial charge in [-0.2, -0.15) is 0 Å². The highest BCUT2D eigenvalue weighted by atomic mass is 35.5. The molecular weight excluding hydrogens is 294 g/mol. The van der Waals surface area contributed by atoms with Gasteiger partial charge in [0.25, 0.3) is 5.91 Å². The molecular formula is C14H12ClN3OS. The predicted molar refractivity (Wildman–Crippen MR) is 86.3 cm³/mol. The van der Waals surface area contributed by atoms with Gasteiger partial charge in [-0.25, -0.2) is 0 Å². The van der Waals surface area contributed by atoms with Crippen molar-refractivity contribution in [3.8, 4) is 0 Å². The van der Waals surface area contributed by atoms with Crippen molar-refractivity contribution in [1.29, 1.82) is 0 Å². The minimum absolute atomic E-state index is 0.153. The Morgan fingerprint density at radius 1 is 1.05 bits per heavy atom. The van der Waals surface area contributed by atoms with Crippen LogP contribution in [0.15, 0.2) is 48.5 Å². The number of halogens is 1. The zero-order valence-electron chi connectivity index (χ0n) is 10.4. The molecule has 0 atom stereocenters. The lowest BCUT2D eigenvalue weighted by atomic mass is 10.2. The topological polar surface area (TPSA) is 67.1 Å². The molecule has 102 valence electrons. The highest BCUT2D eigenvalue weighted by Crippen LogP contribution is 2.16. The number of hydrogen-bond acceptors (Lipinski definition) is 2. The summed E-state index contributed by atoms with van der Waals surface area (Å²) >= 11 is 10.5. The Morgan fingerprint density at radius 2 is 1.75 bits per heavy atom. The molecule has 0 bridgehead atoms. The molecule has 0 heterocycles. The fraction of sp³-hybridized carbons (Fsp3) is 0. The summed E-state index contributed by atoms with van der Waals surface area (Å²) < 4.78 is 0. The summed E-state index contributed by atoms with van der Waals surface area (Å²) in [6.45, 7) is 0. The number of anilines is 2. The average Bonchev–Trinajstić information content (AvgIpc) is 2.41. The van der Waals surface area contributed by atoms with Crippen molar-refractivity contribution in [2.45, 2.75) is 0 Å². The van der Waals surface area contributed by atoms with Crippen molar-refractivity contribution in [3.05, 3.63) is 59.1 Å². The van der Waals surface area contributed by atoms with Gasteiger partial charge in [0.05, 0.1) is 0 Å². The quantitative estimate of drug-likeness (QED) is 0.762. The van der Waals surface area contributed by atoms with E-state index in [1.807, 2.05) is 0 Å². The normalized spacial score (nSPS) is 9.85. The molecule has 2 aromatic carbocycles. The molecule has 0 unspecified atom stereocenters. The molecule has 0 fully saturated rings. The van der Waals surface area contributed by atoms with Crippen LogP contribution in [0.25, 0.3) is 0 Å². The monoisotopic (exact) mass is 305 g/mol. The van der Waals surface area contributed by atoms with E-state index in [-0.39, 0.29) is 11.0 Å². The molecule has 0 spiro atoms. The number of nitrogens with two attached hydrogens (primary N) is 1. The van der Waals surface area contributed by atoms with Crippen LogP contribution in [0, 0.1) is 0 Å². The minimum atomic E-state index is -0.223. The summed E-state index contributed by atoms with van der Waals surface area (Å²) in [5.74, 6) is -0.223. The van der Waals surface area contributed by atoms with Crippen LogP contribution in [0.3, 0.4) is 0 Å². The highest BCUT2D eigenvalue weighted by Gasteiger charge is 2.07. The zero-order valence-corrected chi connectivity index (χ0v) is 12.0. The van der Waals surface area contributed by atoms with Crippen molar-refractivity contribution in [2.24, 2.45) is 5.73 Å². The lowest BCUT2D eigenvalue weighted by Gasteiger charge is -2.08. The molecule has 20 heavy (non-hydrogen) atoms. The van der Waals surface area contributed by atoms with Gasteiger partial charge in [0.1, 0.15) is 0 Å². The Morgan fingerprint density at radius 3 is 2.40 bits per heavy atom. The number of nitrogens with one attached hydrogen (secondary N) is 2. The zero-order chi connectivity index (χ0) is 14.5. The lowest BCUT2D eigenvalue weighted by Crippen LogP contribution is -2.19. The van der Waals surface area contributed by atoms with E-state index in [9.17, 15) is 4.79 Å². The van der Waals surface area contributed by atoms with Crippen LogP contribution in [0.1, 0.15) is 10.4 Å². The van der Waals surface area contributed by atoms with Gasteiger partial charge in [-0.1, -0.05) is 17.7 Å². The van der Waals surface area contributed by atoms with E-state index < -0.39 is 0 Å². The van der Waals surface area contributed by atoms with Crippen LogP contribution < -0.4 is 16.4 Å². The first-order valence-electron chi connectivity index (χ1n) is 5.78. The number of hydrogen-bond donors (Lipinski definition) is 3. The molecule has 2 aromatic rings. The first-order chi connectivity index (χ1) is 9.54. The molecule has 1 amide bonds. The van der Waals surface area contributed by atoms with E-state index in [1.165, 1.54) is 0 Å². The number of benzene rings is 2. The van der Waals surface area contributed by atoms with Gasteiger partial charge in [0.2, 0.25) is 0 Å². The van der Waals surface area contributed by atoms with Gasteiger partial charge in [-0.05, 0) is 54.7 Å². The fourth-order valence-electron chi connectivity index (χ4n) is 1.62. The number of thiocarbonyl (C=S) groups is 1. The summed E-state index contributed by atoms with van der Waals surface area (Å²) in [4.78, 5) is 12.1. The Kier molecular flexibility index (Phi) is 4.55. The second-order valence-corrected chi connectivity index (χ2v) is 4.91. The standard InChI is InChI=1S/C14H12ClN3OS/c15-10-4-6-11(7-5-10)17-13(19)9-2-1-3-12(8-9)18-14(16)20/h1-8H,(H,17,19)(H3,16,18,20). The van der Waals surface area contributed by atoms with E-state index in [2.05, 4.69) is 10.6 Å². The number of rotatable bonds is 3. The highest BCUT2D eigenvalue weighted by molar-refractivity contribution is 7.80. The first-order valence-corrected chi connectivity index (χ1v) is 6.56. The molecule has 0 radical (unpaired) electrons. The maximum Gasteiger partial charge on any atom is 0.255 e. The number of amides is 1. The van der Waals surface area contributed by atoms with Crippen LogP contribution in [0.5, 0.6) is 0 Å². The van der Waals surface area contributed by atoms with Crippen molar-refractivity contribution in [2.75, 3.05) is 10.6 Å². The van der Waals surface area contributed by atoms with E-state index >= 15 is 0 Å². The molecule has 0 aromatic heterocycles. The molecule has 0 saturated heterocycles. The van der Waals surface area contributed by atoms with Crippen LogP contribution in [-0.2, 0) is 0 Å². The van der Waals surface area contributed by atoms with Gasteiger partial charge in [0.15, 0.2) is 5.11 Å². The smallest absolute Gasteiger partial charge is 0.255 e. The summed E-state index contributed by atoms with van der Waals surface area (Å²) in [5.41, 5.74) is 7.24. The number of carbonyl (C=O) groups excluding carboxylic acids is 1. The Labute approximate surface area is 126 Å². The minimum Gasteiger partial charge on any atom is -0.376 e. The van der Waals surface area contributed by atoms with Crippen LogP contribution in [0.2, 0.25) is 5.02 Å². The predicted octanol–water partition coefficient (Wildman–Crippen LogP) is 3.25. The second kappa shape index (κ2) is 6.36. The SMILES string of the molecule is NC(=S)Nc1cccc(C(=O)Nc2ccc(Cl)cc2)c1. The Balaban J connectivity index is 2.12. The Hall–Kier alpha value is -2.11. The first kappa shape index (κ1) is 14.3. The van der Waals surface area contributed by atoms with Crippen LogP contribution >= 0.6 is 23.8 Å². The number of carbonyl (C=O) groups is 1. The van der Waals surface area contributed by atoms with E-state index in [0.717, 1.165) is 0 Å². The largest absolute Gasteiger partial charge is 0.376 e. The second-order valence-electron chi connectivity index (χ2n) is 4.03. The fourth-order valence-corrected chi connectivity index (χ4v) is 1.86. The molecule has 6 heteroatoms. The molecule has 0 aliphatic carbocycles. The van der Waals surface area contributed by atoms with E-state index in [1.54, 1.807) is 48.5 Å². The van der Waals surface area contributed by atoms with Gasteiger partial charge in [-0.3, -0.25) is 4.79 Å². The van der Waals surface area contributed by atoms with Gasteiger partial charge in [0, 0.05) is 22.0 Å². The lowest BCUT2D eigenvalue weighted by molar-refractivity contribution is 0.102. The maximum absolute atomic E-state index is 12.1. The van der Waals surface area contributed by atoms with E-state index in [0.29, 0.717) is 22.0 Å². The third-order valence-corrected chi connectivity index (χ3v) is 2.85. The molecule has 0 aliphatic rings. The van der Waals surface area contributed by atoms with Crippen LogP contribution in [-0.4, -0.2) is 11.0 Å². The molecule has 0 aliphatic heterocycles. The average molecular weight is 306 g/mol. The summed E-state index contributed by atoms with van der Waals surface area (Å²) in [7, 11) is 0. The summed E-state index contributed by atoms with van der Waals surface area (Å²) in [6, 6.07) is 13.8. The van der Waals surface area contributed by atoms with Crippen molar-refractivity contribution < 1.29 is 4.79 Å². The van der Waals surface area contributed by atoms with Crippen LogP contribution in [0.4, 0.5) is 11.4 Å². The molecule has 4 N–H and O–H groups in total. The van der Waals surface area contributed by atoms with E-state index in [4.69, 9.17) is 29.6 Å². The molecule has 0 saturated carbocycles. The third kappa shape index (κ3) is 3.94. The molecule has 2 rings (SSSR count). The maximum atomic E-state index is 12.1. The van der Waals surface area contributed by atoms with Gasteiger partial charge < -0.3 is 16.4 Å². The van der Waals surface area contributed by atoms with Crippen molar-refractivity contribution >= 4 is 46.2 Å². The van der Waals surface area contributed by atoms with Gasteiger partial charge >= 0.3 is 0 Å². The summed E-state index contributed by atoms with van der Waals surface area (Å²) in [5, 5.41) is 6.33. The van der Waals surface area contributed by atoms with Crippen molar-refractivity contribution in [3.63, 3.8) is 0 Å². The van der Waals surface area contributed by atoms with Crippen molar-refractivity contribution in [1.82, 2.24) is 0 Å². The Bertz CT molecular complexity index is 643.